The molecule has 170 valence electrons. The van der Waals surface area contributed by atoms with Crippen LogP contribution in [0.25, 0.3) is 11.1 Å². The Balaban J connectivity index is 1.77. The first-order valence-corrected chi connectivity index (χ1v) is 12.6. The molecule has 0 aliphatic carbocycles. The number of ether oxygens (including phenoxy) is 1. The summed E-state index contributed by atoms with van der Waals surface area (Å²) in [4.78, 5) is 16.7. The number of fused-ring (bicyclic) bond motifs is 5. The topological polar surface area (TPSA) is 69.9 Å². The molecule has 1 saturated heterocycles. The number of benzene rings is 2. The lowest BCUT2D eigenvalue weighted by molar-refractivity contribution is -0.409. The summed E-state index contributed by atoms with van der Waals surface area (Å²) in [6.07, 6.45) is 1.11. The fourth-order valence-electron chi connectivity index (χ4n) is 4.57. The summed E-state index contributed by atoms with van der Waals surface area (Å²) in [5.41, 5.74) is 3.07. The highest BCUT2D eigenvalue weighted by molar-refractivity contribution is 7.85. The zero-order valence-electron chi connectivity index (χ0n) is 18.6. The molecule has 2 aromatic rings. The average Bonchev–Trinajstić information content (AvgIpc) is 3.21. The van der Waals surface area contributed by atoms with Crippen LogP contribution >= 0.6 is 0 Å². The predicted octanol–water partition coefficient (Wildman–Crippen LogP) is 2.85. The van der Waals surface area contributed by atoms with Crippen molar-refractivity contribution in [1.29, 1.82) is 0 Å². The van der Waals surface area contributed by atoms with Crippen molar-refractivity contribution in [3.8, 4) is 16.9 Å². The number of nitrogens with zero attached hydrogens (tertiary/aromatic N) is 3. The van der Waals surface area contributed by atoms with Gasteiger partial charge in [-0.1, -0.05) is 42.5 Å². The van der Waals surface area contributed by atoms with Crippen LogP contribution in [0.5, 0.6) is 5.75 Å². The lowest BCUT2D eigenvalue weighted by Gasteiger charge is -2.30. The van der Waals surface area contributed by atoms with E-state index in [1.165, 1.54) is 3.98 Å². The first kappa shape index (κ1) is 22.3. The first-order chi connectivity index (χ1) is 15.3. The quantitative estimate of drug-likeness (QED) is 0.526. The molecule has 2 amide bonds. The van der Waals surface area contributed by atoms with E-state index >= 15 is 0 Å². The van der Waals surface area contributed by atoms with Gasteiger partial charge in [-0.3, -0.25) is 0 Å². The second-order valence-electron chi connectivity index (χ2n) is 8.36. The summed E-state index contributed by atoms with van der Waals surface area (Å²) < 4.78 is 32.4. The second kappa shape index (κ2) is 8.94. The minimum Gasteiger partial charge on any atom is -0.491 e. The summed E-state index contributed by atoms with van der Waals surface area (Å²) >= 11 is 0. The van der Waals surface area contributed by atoms with Gasteiger partial charge in [-0.25, -0.2) is 4.79 Å². The maximum atomic E-state index is 13.3. The van der Waals surface area contributed by atoms with Gasteiger partial charge in [0, 0.05) is 25.6 Å². The minimum atomic E-state index is -3.48. The summed E-state index contributed by atoms with van der Waals surface area (Å²) in [5, 5.41) is 0. The molecule has 0 radical (unpaired) electrons. The van der Waals surface area contributed by atoms with Crippen LogP contribution < -0.4 is 4.74 Å². The molecule has 0 saturated carbocycles. The Morgan fingerprint density at radius 1 is 1.16 bits per heavy atom. The fourth-order valence-corrected chi connectivity index (χ4v) is 5.56. The van der Waals surface area contributed by atoms with E-state index in [0.29, 0.717) is 32.5 Å². The number of hydrogen-bond acceptors (Lipinski definition) is 4. The molecule has 1 fully saturated rings. The van der Waals surface area contributed by atoms with Crippen molar-refractivity contribution in [3.63, 3.8) is 0 Å². The van der Waals surface area contributed by atoms with E-state index in [4.69, 9.17) is 4.74 Å². The van der Waals surface area contributed by atoms with Gasteiger partial charge in [-0.2, -0.15) is 8.42 Å². The smallest absolute Gasteiger partial charge is 0.363 e. The Morgan fingerprint density at radius 3 is 2.72 bits per heavy atom. The number of carbonyl (C=O) groups excluding carboxylic acids is 1. The fraction of sp³-hybridized carbons (Fsp3) is 0.417. The van der Waals surface area contributed by atoms with Crippen LogP contribution in [0.15, 0.2) is 48.5 Å². The van der Waals surface area contributed by atoms with E-state index in [2.05, 4.69) is 12.8 Å². The third kappa shape index (κ3) is 4.24. The van der Waals surface area contributed by atoms with Gasteiger partial charge in [0.2, 0.25) is 0 Å². The summed E-state index contributed by atoms with van der Waals surface area (Å²) in [6, 6.07) is 15.3. The highest BCUT2D eigenvalue weighted by Gasteiger charge is 2.47. The molecule has 2 bridgehead atoms. The molecule has 0 spiro atoms. The minimum absolute atomic E-state index is 0.0167. The van der Waals surface area contributed by atoms with Crippen molar-refractivity contribution in [2.45, 2.75) is 31.8 Å². The average molecular weight is 457 g/mol. The molecule has 32 heavy (non-hydrogen) atoms. The maximum Gasteiger partial charge on any atom is 0.363 e. The number of sulfonamides is 1. The first-order valence-electron chi connectivity index (χ1n) is 11.0. The Morgan fingerprint density at radius 2 is 1.94 bits per heavy atom. The van der Waals surface area contributed by atoms with Gasteiger partial charge in [0.05, 0.1) is 6.54 Å². The molecule has 7 nitrogen and oxygen atoms in total. The van der Waals surface area contributed by atoms with Crippen LogP contribution in [-0.2, 0) is 16.4 Å². The predicted molar refractivity (Wildman–Crippen MR) is 125 cm³/mol. The Labute approximate surface area is 190 Å². The van der Waals surface area contributed by atoms with Crippen molar-refractivity contribution in [3.05, 3.63) is 54.1 Å². The van der Waals surface area contributed by atoms with Gasteiger partial charge >= 0.3 is 16.1 Å². The zero-order valence-corrected chi connectivity index (χ0v) is 19.4. The van der Waals surface area contributed by atoms with Crippen LogP contribution in [0, 0.1) is 0 Å². The van der Waals surface area contributed by atoms with E-state index in [9.17, 15) is 13.2 Å². The Bertz CT molecular complexity index is 1130. The molecule has 2 atom stereocenters. The van der Waals surface area contributed by atoms with E-state index in [0.717, 1.165) is 22.4 Å². The lowest BCUT2D eigenvalue weighted by atomic mass is 9.96. The Hall–Kier alpha value is -2.87. The van der Waals surface area contributed by atoms with Crippen LogP contribution in [0.1, 0.15) is 18.9 Å². The molecule has 0 unspecified atom stereocenters. The molecule has 2 aromatic carbocycles. The number of carbonyl (C=O) groups is 1. The van der Waals surface area contributed by atoms with Crippen molar-refractivity contribution in [1.82, 2.24) is 9.80 Å². The van der Waals surface area contributed by atoms with E-state index in [1.54, 1.807) is 23.8 Å². The largest absolute Gasteiger partial charge is 0.491 e. The van der Waals surface area contributed by atoms with E-state index in [-0.39, 0.29) is 23.9 Å². The monoisotopic (exact) mass is 456 g/mol. The number of urea groups is 1. The van der Waals surface area contributed by atoms with E-state index in [1.807, 2.05) is 42.5 Å². The highest BCUT2D eigenvalue weighted by Crippen LogP contribution is 2.32. The van der Waals surface area contributed by atoms with Crippen LogP contribution in [-0.4, -0.2) is 79.5 Å². The van der Waals surface area contributed by atoms with E-state index < -0.39 is 10.0 Å². The number of rotatable bonds is 3. The highest BCUT2D eigenvalue weighted by atomic mass is 32.2. The summed E-state index contributed by atoms with van der Waals surface area (Å²) in [5.74, 6) is 0.762. The Kier molecular flexibility index (Phi) is 6.24. The summed E-state index contributed by atoms with van der Waals surface area (Å²) in [6.45, 7) is 6.78. The van der Waals surface area contributed by atoms with Gasteiger partial charge in [0.25, 0.3) is 0 Å². The van der Waals surface area contributed by atoms with Crippen molar-refractivity contribution < 1.29 is 21.9 Å². The molecule has 0 N–H and O–H groups in total. The third-order valence-electron chi connectivity index (χ3n) is 6.43. The standard InChI is InChI=1S/C24H30N3O4S/c1-4-32(29,30)26(3)21-12-13-27-22(21)17-18-8-7-9-19(16-18)20-10-5-6-11-23(20)31-15-14-25(2)24(27)28/h5-11,16,21-22H,3-4,12-15,17H2,1-2H3/q+1/t21-,22-/m0/s1. The van der Waals surface area contributed by atoms with Crippen molar-refractivity contribution in [2.24, 2.45) is 0 Å². The molecule has 0 aromatic heterocycles. The molecular weight excluding hydrogens is 426 g/mol. The SMILES string of the molecule is C=[N+]([C@H]1CCN2C(=O)N(C)CCOc3ccccc3-c3cccc(c3)C[C@@H]12)S(=O)(=O)CC. The van der Waals surface area contributed by atoms with Crippen molar-refractivity contribution >= 4 is 22.8 Å². The summed E-state index contributed by atoms with van der Waals surface area (Å²) in [7, 11) is -1.72. The van der Waals surface area contributed by atoms with Gasteiger partial charge in [0.1, 0.15) is 30.9 Å². The molecule has 2 aliphatic rings. The lowest BCUT2D eigenvalue weighted by Crippen LogP contribution is -2.50. The zero-order chi connectivity index (χ0) is 22.9. The number of amides is 2. The van der Waals surface area contributed by atoms with Crippen LogP contribution in [0.4, 0.5) is 4.79 Å². The van der Waals surface area contributed by atoms with Crippen LogP contribution in [0.2, 0.25) is 0 Å². The number of likely N-dealkylation sites (N-methyl/N-ethyl adjacent to an activating group) is 1. The molecule has 4 rings (SSSR count). The molecule has 8 heteroatoms. The van der Waals surface area contributed by atoms with Gasteiger partial charge in [-0.05, 0) is 30.5 Å². The normalized spacial score (nSPS) is 21.5. The molecule has 2 heterocycles. The number of hydrogen-bond donors (Lipinski definition) is 0. The molecule has 2 aliphatic heterocycles. The van der Waals surface area contributed by atoms with Gasteiger partial charge < -0.3 is 14.5 Å². The van der Waals surface area contributed by atoms with Gasteiger partial charge in [0.15, 0.2) is 6.04 Å². The molecular formula is C24H30N3O4S+. The second-order valence-corrected chi connectivity index (χ2v) is 10.6. The van der Waals surface area contributed by atoms with Crippen LogP contribution in [0.3, 0.4) is 0 Å². The maximum absolute atomic E-state index is 13.3. The number of para-hydroxylation sites is 1. The van der Waals surface area contributed by atoms with Gasteiger partial charge in [-0.15, -0.1) is 3.98 Å². The third-order valence-corrected chi connectivity index (χ3v) is 8.14. The van der Waals surface area contributed by atoms with Crippen molar-refractivity contribution in [2.75, 3.05) is 32.5 Å².